The third-order valence-corrected chi connectivity index (χ3v) is 2.05. The van der Waals surface area contributed by atoms with Crippen molar-refractivity contribution in [1.29, 1.82) is 0 Å². The van der Waals surface area contributed by atoms with Gasteiger partial charge in [0.2, 0.25) is 0 Å². The summed E-state index contributed by atoms with van der Waals surface area (Å²) >= 11 is 5.58. The number of rotatable bonds is 1. The molecule has 1 atom stereocenters. The van der Waals surface area contributed by atoms with Crippen LogP contribution in [0.15, 0.2) is 6.07 Å². The van der Waals surface area contributed by atoms with Crippen molar-refractivity contribution >= 4 is 11.6 Å². The molecule has 0 amide bonds. The molecule has 4 N–H and O–H groups in total. The van der Waals surface area contributed by atoms with Gasteiger partial charge in [-0.05, 0) is 6.92 Å². The van der Waals surface area contributed by atoms with Crippen LogP contribution in [0.1, 0.15) is 18.6 Å². The van der Waals surface area contributed by atoms with Crippen LogP contribution in [0, 0.1) is 0 Å². The van der Waals surface area contributed by atoms with Crippen molar-refractivity contribution in [3.63, 3.8) is 0 Å². The number of benzene rings is 1. The Bertz CT molecular complexity index is 309. The maximum Gasteiger partial charge on any atom is 0.165 e. The van der Waals surface area contributed by atoms with Gasteiger partial charge in [-0.3, -0.25) is 0 Å². The zero-order valence-corrected chi connectivity index (χ0v) is 7.58. The van der Waals surface area contributed by atoms with E-state index in [2.05, 4.69) is 0 Å². The summed E-state index contributed by atoms with van der Waals surface area (Å²) in [5.41, 5.74) is -0.0841. The highest BCUT2D eigenvalue weighted by molar-refractivity contribution is 6.33. The lowest BCUT2D eigenvalue weighted by Crippen LogP contribution is -1.93. The zero-order valence-electron chi connectivity index (χ0n) is 6.82. The van der Waals surface area contributed by atoms with Crippen LogP contribution in [-0.2, 0) is 0 Å². The van der Waals surface area contributed by atoms with Gasteiger partial charge < -0.3 is 20.4 Å². The van der Waals surface area contributed by atoms with Gasteiger partial charge in [0.1, 0.15) is 5.75 Å². The first-order chi connectivity index (χ1) is 5.95. The summed E-state index contributed by atoms with van der Waals surface area (Å²) in [7, 11) is 0. The van der Waals surface area contributed by atoms with E-state index >= 15 is 0 Å². The van der Waals surface area contributed by atoms with Gasteiger partial charge in [-0.25, -0.2) is 0 Å². The fourth-order valence-electron chi connectivity index (χ4n) is 1.02. The number of hydrogen-bond acceptors (Lipinski definition) is 4. The molecule has 0 aliphatic carbocycles. The molecule has 72 valence electrons. The maximum atomic E-state index is 9.27. The van der Waals surface area contributed by atoms with Crippen molar-refractivity contribution in [2.45, 2.75) is 13.0 Å². The van der Waals surface area contributed by atoms with Crippen LogP contribution in [0.25, 0.3) is 0 Å². The maximum absolute atomic E-state index is 9.27. The van der Waals surface area contributed by atoms with Gasteiger partial charge in [0.25, 0.3) is 0 Å². The van der Waals surface area contributed by atoms with Gasteiger partial charge >= 0.3 is 0 Å². The number of aliphatic hydroxyl groups excluding tert-OH is 1. The molecule has 0 spiro atoms. The minimum Gasteiger partial charge on any atom is -0.506 e. The van der Waals surface area contributed by atoms with E-state index in [0.29, 0.717) is 0 Å². The first-order valence-electron chi connectivity index (χ1n) is 3.56. The SMILES string of the molecule is CC(O)c1c(O)c(O)cc(O)c1Cl. The lowest BCUT2D eigenvalue weighted by Gasteiger charge is -2.11. The van der Waals surface area contributed by atoms with Gasteiger partial charge in [0.15, 0.2) is 11.5 Å². The molecule has 0 saturated heterocycles. The second kappa shape index (κ2) is 3.32. The Morgan fingerprint density at radius 1 is 1.23 bits per heavy atom. The quantitative estimate of drug-likeness (QED) is 0.413. The van der Waals surface area contributed by atoms with Crippen LogP contribution in [0.4, 0.5) is 0 Å². The molecule has 0 aliphatic rings. The van der Waals surface area contributed by atoms with E-state index in [4.69, 9.17) is 26.9 Å². The summed E-state index contributed by atoms with van der Waals surface area (Å²) in [5.74, 6) is -1.41. The van der Waals surface area contributed by atoms with Crippen molar-refractivity contribution in [2.24, 2.45) is 0 Å². The van der Waals surface area contributed by atoms with E-state index < -0.39 is 17.6 Å². The van der Waals surface area contributed by atoms with Crippen LogP contribution in [0.5, 0.6) is 17.2 Å². The topological polar surface area (TPSA) is 80.9 Å². The summed E-state index contributed by atoms with van der Waals surface area (Å²) in [5, 5.41) is 36.5. The fraction of sp³-hybridized carbons (Fsp3) is 0.250. The first-order valence-corrected chi connectivity index (χ1v) is 3.94. The highest BCUT2D eigenvalue weighted by Crippen LogP contribution is 2.43. The molecule has 1 aromatic carbocycles. The van der Waals surface area contributed by atoms with Gasteiger partial charge in [-0.15, -0.1) is 0 Å². The number of hydrogen-bond donors (Lipinski definition) is 4. The summed E-state index contributed by atoms with van der Waals surface area (Å²) in [6.45, 7) is 1.36. The Hall–Kier alpha value is -1.13. The molecule has 5 heteroatoms. The van der Waals surface area contributed by atoms with E-state index in [-0.39, 0.29) is 16.3 Å². The Morgan fingerprint density at radius 2 is 1.77 bits per heavy atom. The van der Waals surface area contributed by atoms with Gasteiger partial charge in [-0.1, -0.05) is 11.6 Å². The minimum atomic E-state index is -1.06. The van der Waals surface area contributed by atoms with Crippen LogP contribution in [-0.4, -0.2) is 20.4 Å². The van der Waals surface area contributed by atoms with Crippen LogP contribution in [0.2, 0.25) is 5.02 Å². The lowest BCUT2D eigenvalue weighted by molar-refractivity contribution is 0.193. The Labute approximate surface area is 79.6 Å². The summed E-state index contributed by atoms with van der Waals surface area (Å²) < 4.78 is 0. The van der Waals surface area contributed by atoms with E-state index in [1.54, 1.807) is 0 Å². The molecule has 0 saturated carbocycles. The van der Waals surface area contributed by atoms with Crippen molar-refractivity contribution in [1.82, 2.24) is 0 Å². The largest absolute Gasteiger partial charge is 0.506 e. The molecule has 13 heavy (non-hydrogen) atoms. The van der Waals surface area contributed by atoms with Crippen LogP contribution in [0.3, 0.4) is 0 Å². The standard InChI is InChI=1S/C8H9ClO4/c1-3(10)6-7(9)4(11)2-5(12)8(6)13/h2-3,10-13H,1H3. The van der Waals surface area contributed by atoms with Gasteiger partial charge in [0.05, 0.1) is 11.1 Å². The van der Waals surface area contributed by atoms with E-state index in [1.807, 2.05) is 0 Å². The second-order valence-electron chi connectivity index (χ2n) is 2.67. The zero-order chi connectivity index (χ0) is 10.2. The number of aromatic hydroxyl groups is 3. The lowest BCUT2D eigenvalue weighted by atomic mass is 10.1. The molecule has 0 heterocycles. The average molecular weight is 205 g/mol. The Kier molecular flexibility index (Phi) is 2.54. The highest BCUT2D eigenvalue weighted by atomic mass is 35.5. The molecule has 0 fully saturated rings. The molecule has 0 aliphatic heterocycles. The van der Waals surface area contributed by atoms with Crippen molar-refractivity contribution in [2.75, 3.05) is 0 Å². The minimum absolute atomic E-state index is 0.0841. The predicted octanol–water partition coefficient (Wildman–Crippen LogP) is 1.51. The number of aliphatic hydroxyl groups is 1. The normalized spacial score (nSPS) is 12.8. The molecular weight excluding hydrogens is 196 g/mol. The molecule has 0 bridgehead atoms. The van der Waals surface area contributed by atoms with Crippen molar-refractivity contribution in [3.05, 3.63) is 16.7 Å². The van der Waals surface area contributed by atoms with E-state index in [1.165, 1.54) is 6.92 Å². The van der Waals surface area contributed by atoms with Gasteiger partial charge in [0, 0.05) is 11.6 Å². The molecule has 4 nitrogen and oxygen atoms in total. The average Bonchev–Trinajstić information content (AvgIpc) is 2.01. The Balaban J connectivity index is 3.46. The number of phenolic OH excluding ortho intramolecular Hbond substituents is 3. The third kappa shape index (κ3) is 1.64. The smallest absolute Gasteiger partial charge is 0.165 e. The molecule has 0 aromatic heterocycles. The van der Waals surface area contributed by atoms with Crippen molar-refractivity contribution < 1.29 is 20.4 Å². The van der Waals surface area contributed by atoms with Gasteiger partial charge in [-0.2, -0.15) is 0 Å². The fourth-order valence-corrected chi connectivity index (χ4v) is 1.32. The highest BCUT2D eigenvalue weighted by Gasteiger charge is 2.19. The molecule has 1 aromatic rings. The van der Waals surface area contributed by atoms with Crippen molar-refractivity contribution in [3.8, 4) is 17.2 Å². The van der Waals surface area contributed by atoms with E-state index in [9.17, 15) is 5.11 Å². The second-order valence-corrected chi connectivity index (χ2v) is 3.05. The Morgan fingerprint density at radius 3 is 2.23 bits per heavy atom. The van der Waals surface area contributed by atoms with E-state index in [0.717, 1.165) is 6.07 Å². The molecule has 0 radical (unpaired) electrons. The molecule has 1 unspecified atom stereocenters. The summed E-state index contributed by atoms with van der Waals surface area (Å²) in [6, 6.07) is 0.906. The summed E-state index contributed by atoms with van der Waals surface area (Å²) in [4.78, 5) is 0. The number of phenols is 3. The molecular formula is C8H9ClO4. The monoisotopic (exact) mass is 204 g/mol. The summed E-state index contributed by atoms with van der Waals surface area (Å²) in [6.07, 6.45) is -1.06. The third-order valence-electron chi connectivity index (χ3n) is 1.65. The first kappa shape index (κ1) is 9.95. The van der Waals surface area contributed by atoms with Crippen LogP contribution >= 0.6 is 11.6 Å². The van der Waals surface area contributed by atoms with Crippen LogP contribution < -0.4 is 0 Å². The predicted molar refractivity (Wildman–Crippen MR) is 47.1 cm³/mol. The number of halogens is 1. The molecule has 1 rings (SSSR count).